The highest BCUT2D eigenvalue weighted by Crippen LogP contribution is 2.15. The molecule has 1 fully saturated rings. The summed E-state index contributed by atoms with van der Waals surface area (Å²) in [5.74, 6) is 0.900. The van der Waals surface area contributed by atoms with Crippen LogP contribution in [0.2, 0.25) is 0 Å². The summed E-state index contributed by atoms with van der Waals surface area (Å²) in [4.78, 5) is 16.1. The van der Waals surface area contributed by atoms with Crippen LogP contribution in [-0.2, 0) is 4.79 Å². The van der Waals surface area contributed by atoms with E-state index in [9.17, 15) is 4.79 Å². The van der Waals surface area contributed by atoms with Crippen LogP contribution in [0.5, 0.6) is 0 Å². The second-order valence-electron chi connectivity index (χ2n) is 4.52. The number of nitrogens with two attached hydrogens (primary N) is 1. The highest BCUT2D eigenvalue weighted by molar-refractivity contribution is 5.78. The van der Waals surface area contributed by atoms with E-state index in [0.717, 1.165) is 45.6 Å². The smallest absolute Gasteiger partial charge is 0.236 e. The summed E-state index contributed by atoms with van der Waals surface area (Å²) in [6.45, 7) is 9.19. The molecule has 1 heterocycles. The van der Waals surface area contributed by atoms with Crippen molar-refractivity contribution < 1.29 is 4.79 Å². The van der Waals surface area contributed by atoms with Gasteiger partial charge in [-0.15, -0.1) is 0 Å². The standard InChI is InChI=1S/C12H25N3O/c1-3-14(4-2)10-12(16)15-7-5-11(9-13)6-8-15/h11H,3-10,13H2,1-2H3. The van der Waals surface area contributed by atoms with Crippen molar-refractivity contribution in [2.24, 2.45) is 11.7 Å². The van der Waals surface area contributed by atoms with E-state index in [1.54, 1.807) is 0 Å². The number of amides is 1. The van der Waals surface area contributed by atoms with E-state index < -0.39 is 0 Å². The first-order chi connectivity index (χ1) is 7.71. The maximum absolute atomic E-state index is 12.0. The zero-order valence-corrected chi connectivity index (χ0v) is 10.6. The van der Waals surface area contributed by atoms with Gasteiger partial charge in [0.25, 0.3) is 0 Å². The second kappa shape index (κ2) is 6.86. The number of likely N-dealkylation sites (tertiary alicyclic amines) is 1. The van der Waals surface area contributed by atoms with E-state index in [1.807, 2.05) is 4.90 Å². The Balaban J connectivity index is 2.32. The van der Waals surface area contributed by atoms with E-state index in [4.69, 9.17) is 5.73 Å². The molecular weight excluding hydrogens is 202 g/mol. The van der Waals surface area contributed by atoms with Crippen LogP contribution in [0.25, 0.3) is 0 Å². The monoisotopic (exact) mass is 227 g/mol. The van der Waals surface area contributed by atoms with Crippen LogP contribution < -0.4 is 5.73 Å². The molecule has 1 rings (SSSR count). The minimum Gasteiger partial charge on any atom is -0.342 e. The first-order valence-electron chi connectivity index (χ1n) is 6.41. The zero-order chi connectivity index (χ0) is 12.0. The van der Waals surface area contributed by atoms with Crippen molar-refractivity contribution in [3.8, 4) is 0 Å². The van der Waals surface area contributed by atoms with Gasteiger partial charge in [0.1, 0.15) is 0 Å². The molecule has 1 aliphatic rings. The normalized spacial score (nSPS) is 18.1. The number of likely N-dealkylation sites (N-methyl/N-ethyl adjacent to an activating group) is 1. The largest absolute Gasteiger partial charge is 0.342 e. The summed E-state index contributed by atoms with van der Waals surface area (Å²) in [5.41, 5.74) is 5.64. The third-order valence-electron chi connectivity index (χ3n) is 3.55. The Kier molecular flexibility index (Phi) is 5.77. The molecule has 0 spiro atoms. The minimum absolute atomic E-state index is 0.277. The Morgan fingerprint density at radius 1 is 1.31 bits per heavy atom. The predicted molar refractivity (Wildman–Crippen MR) is 66.1 cm³/mol. The maximum atomic E-state index is 12.0. The summed E-state index contributed by atoms with van der Waals surface area (Å²) in [7, 11) is 0. The topological polar surface area (TPSA) is 49.6 Å². The fraction of sp³-hybridized carbons (Fsp3) is 0.917. The van der Waals surface area contributed by atoms with Gasteiger partial charge in [-0.3, -0.25) is 9.69 Å². The van der Waals surface area contributed by atoms with Crippen LogP contribution in [0, 0.1) is 5.92 Å². The molecule has 0 radical (unpaired) electrons. The Hall–Kier alpha value is -0.610. The lowest BCUT2D eigenvalue weighted by atomic mass is 9.97. The number of piperidine rings is 1. The molecule has 94 valence electrons. The van der Waals surface area contributed by atoms with E-state index in [2.05, 4.69) is 18.7 Å². The number of rotatable bonds is 5. The van der Waals surface area contributed by atoms with Gasteiger partial charge in [-0.1, -0.05) is 13.8 Å². The van der Waals surface area contributed by atoms with Gasteiger partial charge in [0, 0.05) is 13.1 Å². The van der Waals surface area contributed by atoms with Gasteiger partial charge in [0.15, 0.2) is 0 Å². The van der Waals surface area contributed by atoms with Crippen LogP contribution >= 0.6 is 0 Å². The molecule has 1 amide bonds. The predicted octanol–water partition coefficient (Wildman–Crippen LogP) is 0.526. The molecule has 4 nitrogen and oxygen atoms in total. The van der Waals surface area contributed by atoms with Crippen molar-refractivity contribution in [1.29, 1.82) is 0 Å². The average molecular weight is 227 g/mol. The molecule has 0 aromatic carbocycles. The molecule has 0 unspecified atom stereocenters. The van der Waals surface area contributed by atoms with Gasteiger partial charge < -0.3 is 10.6 Å². The first kappa shape index (κ1) is 13.5. The molecule has 2 N–H and O–H groups in total. The van der Waals surface area contributed by atoms with Gasteiger partial charge in [-0.05, 0) is 38.4 Å². The fourth-order valence-corrected chi connectivity index (χ4v) is 2.16. The van der Waals surface area contributed by atoms with Crippen LogP contribution in [0.15, 0.2) is 0 Å². The number of hydrogen-bond acceptors (Lipinski definition) is 3. The molecule has 0 atom stereocenters. The van der Waals surface area contributed by atoms with E-state index in [-0.39, 0.29) is 5.91 Å². The second-order valence-corrected chi connectivity index (χ2v) is 4.52. The van der Waals surface area contributed by atoms with Gasteiger partial charge in [0.05, 0.1) is 6.54 Å². The van der Waals surface area contributed by atoms with Crippen molar-refractivity contribution in [1.82, 2.24) is 9.80 Å². The summed E-state index contributed by atoms with van der Waals surface area (Å²) in [6.07, 6.45) is 2.14. The lowest BCUT2D eigenvalue weighted by molar-refractivity contribution is -0.133. The third-order valence-corrected chi connectivity index (χ3v) is 3.55. The van der Waals surface area contributed by atoms with Gasteiger partial charge in [-0.25, -0.2) is 0 Å². The van der Waals surface area contributed by atoms with Crippen LogP contribution in [0.1, 0.15) is 26.7 Å². The average Bonchev–Trinajstić information content (AvgIpc) is 2.35. The van der Waals surface area contributed by atoms with Gasteiger partial charge in [0.2, 0.25) is 5.91 Å². The molecule has 1 saturated heterocycles. The number of hydrogen-bond donors (Lipinski definition) is 1. The highest BCUT2D eigenvalue weighted by Gasteiger charge is 2.22. The lowest BCUT2D eigenvalue weighted by Gasteiger charge is -2.32. The SMILES string of the molecule is CCN(CC)CC(=O)N1CCC(CN)CC1. The van der Waals surface area contributed by atoms with Crippen molar-refractivity contribution in [3.63, 3.8) is 0 Å². The summed E-state index contributed by atoms with van der Waals surface area (Å²) in [5, 5.41) is 0. The molecule has 0 bridgehead atoms. The fourth-order valence-electron chi connectivity index (χ4n) is 2.16. The quantitative estimate of drug-likeness (QED) is 0.745. The molecular formula is C12H25N3O. The van der Waals surface area contributed by atoms with Gasteiger partial charge >= 0.3 is 0 Å². The molecule has 0 saturated carbocycles. The van der Waals surface area contributed by atoms with Gasteiger partial charge in [-0.2, -0.15) is 0 Å². The van der Waals surface area contributed by atoms with E-state index >= 15 is 0 Å². The lowest BCUT2D eigenvalue weighted by Crippen LogP contribution is -2.45. The maximum Gasteiger partial charge on any atom is 0.236 e. The summed E-state index contributed by atoms with van der Waals surface area (Å²) < 4.78 is 0. The van der Waals surface area contributed by atoms with E-state index in [0.29, 0.717) is 12.5 Å². The Morgan fingerprint density at radius 2 is 1.88 bits per heavy atom. The molecule has 4 heteroatoms. The van der Waals surface area contributed by atoms with Crippen molar-refractivity contribution >= 4 is 5.91 Å². The zero-order valence-electron chi connectivity index (χ0n) is 10.6. The van der Waals surface area contributed by atoms with Crippen LogP contribution in [0.4, 0.5) is 0 Å². The Morgan fingerprint density at radius 3 is 2.31 bits per heavy atom. The van der Waals surface area contributed by atoms with Crippen LogP contribution in [0.3, 0.4) is 0 Å². The first-order valence-corrected chi connectivity index (χ1v) is 6.41. The highest BCUT2D eigenvalue weighted by atomic mass is 16.2. The van der Waals surface area contributed by atoms with Crippen LogP contribution in [-0.4, -0.2) is 55.0 Å². The molecule has 0 aliphatic carbocycles. The number of carbonyl (C=O) groups is 1. The minimum atomic E-state index is 0.277. The molecule has 0 aromatic heterocycles. The summed E-state index contributed by atoms with van der Waals surface area (Å²) >= 11 is 0. The molecule has 1 aliphatic heterocycles. The molecule has 0 aromatic rings. The third kappa shape index (κ3) is 3.76. The van der Waals surface area contributed by atoms with Crippen molar-refractivity contribution in [2.75, 3.05) is 39.3 Å². The van der Waals surface area contributed by atoms with E-state index in [1.165, 1.54) is 0 Å². The molecule has 16 heavy (non-hydrogen) atoms. The summed E-state index contributed by atoms with van der Waals surface area (Å²) in [6, 6.07) is 0. The Labute approximate surface area is 98.8 Å². The Bertz CT molecular complexity index is 208. The number of nitrogens with zero attached hydrogens (tertiary/aromatic N) is 2. The van der Waals surface area contributed by atoms with Crippen molar-refractivity contribution in [3.05, 3.63) is 0 Å². The van der Waals surface area contributed by atoms with Crippen molar-refractivity contribution in [2.45, 2.75) is 26.7 Å². The number of carbonyl (C=O) groups excluding carboxylic acids is 1.